The van der Waals surface area contributed by atoms with E-state index in [4.69, 9.17) is 9.47 Å². The molecule has 124 valence electrons. The highest BCUT2D eigenvalue weighted by Crippen LogP contribution is 2.33. The highest BCUT2D eigenvalue weighted by Gasteiger charge is 2.16. The molecule has 0 spiro atoms. The molecule has 0 radical (unpaired) electrons. The van der Waals surface area contributed by atoms with Crippen LogP contribution in [0, 0.1) is 0 Å². The molecular weight excluding hydrogens is 322 g/mol. The first-order valence-electron chi connectivity index (χ1n) is 6.99. The van der Waals surface area contributed by atoms with Crippen LogP contribution in [0.4, 0.5) is 0 Å². The number of hydrogen-bond acceptors (Lipinski definition) is 5. The lowest BCUT2D eigenvalue weighted by molar-refractivity contribution is 0.172. The quantitative estimate of drug-likeness (QED) is 0.828. The molecule has 1 aromatic heterocycles. The minimum Gasteiger partial charge on any atom is -0.486 e. The number of nitrogens with zero attached hydrogens (tertiary/aromatic N) is 1. The van der Waals surface area contributed by atoms with Crippen molar-refractivity contribution in [3.8, 4) is 11.5 Å². The Hall–Kier alpha value is -2.10. The number of H-pyrrole nitrogens is 1. The maximum absolute atomic E-state index is 12.1. The minimum atomic E-state index is -3.59. The van der Waals surface area contributed by atoms with Crippen molar-refractivity contribution in [1.82, 2.24) is 14.0 Å². The largest absolute Gasteiger partial charge is 0.486 e. The predicted octanol–water partition coefficient (Wildman–Crippen LogP) is 0.195. The van der Waals surface area contributed by atoms with Crippen molar-refractivity contribution in [2.24, 2.45) is 0 Å². The summed E-state index contributed by atoms with van der Waals surface area (Å²) >= 11 is 0. The van der Waals surface area contributed by atoms with Gasteiger partial charge in [0, 0.05) is 37.7 Å². The summed E-state index contributed by atoms with van der Waals surface area (Å²) in [6.07, 6.45) is 0. The Balaban J connectivity index is 1.96. The number of benzene rings is 1. The van der Waals surface area contributed by atoms with Gasteiger partial charge < -0.3 is 14.5 Å². The number of pyridine rings is 1. The number of rotatable bonds is 4. The fourth-order valence-corrected chi connectivity index (χ4v) is 2.81. The minimum absolute atomic E-state index is 0.0970. The number of nitrogens with one attached hydrogen (secondary N) is 2. The van der Waals surface area contributed by atoms with Crippen LogP contribution in [0.1, 0.15) is 5.56 Å². The molecule has 9 heteroatoms. The summed E-state index contributed by atoms with van der Waals surface area (Å²) in [5, 5.41) is 0.743. The van der Waals surface area contributed by atoms with Gasteiger partial charge in [0.25, 0.3) is 15.8 Å². The van der Waals surface area contributed by atoms with Gasteiger partial charge in [0.05, 0.1) is 5.52 Å². The lowest BCUT2D eigenvalue weighted by atomic mass is 10.1. The SMILES string of the molecule is CN(C)S(=O)(=O)NCc1cc2cc3c(cc2[nH]c1=O)OCCO3. The van der Waals surface area contributed by atoms with Crippen LogP contribution in [0.15, 0.2) is 23.0 Å². The lowest BCUT2D eigenvalue weighted by Gasteiger charge is -2.19. The van der Waals surface area contributed by atoms with Gasteiger partial charge in [-0.05, 0) is 12.1 Å². The van der Waals surface area contributed by atoms with Crippen molar-refractivity contribution < 1.29 is 17.9 Å². The summed E-state index contributed by atoms with van der Waals surface area (Å²) in [5.74, 6) is 1.19. The molecule has 23 heavy (non-hydrogen) atoms. The van der Waals surface area contributed by atoms with E-state index in [0.29, 0.717) is 35.8 Å². The third kappa shape index (κ3) is 3.16. The van der Waals surface area contributed by atoms with Crippen LogP contribution in [-0.4, -0.2) is 45.0 Å². The molecular formula is C14H17N3O5S. The molecule has 0 amide bonds. The first-order chi connectivity index (χ1) is 10.9. The van der Waals surface area contributed by atoms with E-state index in [-0.39, 0.29) is 12.1 Å². The molecule has 0 saturated carbocycles. The zero-order valence-electron chi connectivity index (χ0n) is 12.8. The standard InChI is InChI=1S/C14H17N3O5S/c1-17(2)23(19,20)15-8-10-5-9-6-12-13(22-4-3-21-12)7-11(9)16-14(10)18/h5-7,15H,3-4,8H2,1-2H3,(H,16,18). The third-order valence-corrected chi connectivity index (χ3v) is 4.98. The first-order valence-corrected chi connectivity index (χ1v) is 8.43. The van der Waals surface area contributed by atoms with Crippen molar-refractivity contribution in [2.75, 3.05) is 27.3 Å². The number of aromatic amines is 1. The van der Waals surface area contributed by atoms with Gasteiger partial charge >= 0.3 is 0 Å². The van der Waals surface area contributed by atoms with E-state index in [9.17, 15) is 13.2 Å². The van der Waals surface area contributed by atoms with Crippen LogP contribution in [0.5, 0.6) is 11.5 Å². The van der Waals surface area contributed by atoms with Crippen LogP contribution in [0.3, 0.4) is 0 Å². The predicted molar refractivity (Wildman–Crippen MR) is 85.0 cm³/mol. The van der Waals surface area contributed by atoms with Crippen molar-refractivity contribution in [3.63, 3.8) is 0 Å². The van der Waals surface area contributed by atoms with E-state index >= 15 is 0 Å². The fourth-order valence-electron chi connectivity index (χ4n) is 2.22. The normalized spacial score (nSPS) is 14.4. The van der Waals surface area contributed by atoms with Crippen LogP contribution in [0.25, 0.3) is 10.9 Å². The van der Waals surface area contributed by atoms with E-state index in [1.807, 2.05) is 0 Å². The average molecular weight is 339 g/mol. The van der Waals surface area contributed by atoms with Gasteiger partial charge in [0.1, 0.15) is 13.2 Å². The van der Waals surface area contributed by atoms with E-state index in [1.165, 1.54) is 14.1 Å². The second kappa shape index (κ2) is 5.84. The average Bonchev–Trinajstić information content (AvgIpc) is 2.51. The van der Waals surface area contributed by atoms with E-state index < -0.39 is 10.2 Å². The summed E-state index contributed by atoms with van der Waals surface area (Å²) in [7, 11) is -0.768. The van der Waals surface area contributed by atoms with Gasteiger partial charge in [-0.1, -0.05) is 0 Å². The highest BCUT2D eigenvalue weighted by molar-refractivity contribution is 7.87. The van der Waals surface area contributed by atoms with Crippen molar-refractivity contribution in [2.45, 2.75) is 6.54 Å². The summed E-state index contributed by atoms with van der Waals surface area (Å²) in [4.78, 5) is 14.8. The lowest BCUT2D eigenvalue weighted by Crippen LogP contribution is -2.36. The van der Waals surface area contributed by atoms with Gasteiger partial charge in [0.15, 0.2) is 11.5 Å². The zero-order valence-corrected chi connectivity index (χ0v) is 13.6. The Morgan fingerprint density at radius 3 is 2.48 bits per heavy atom. The molecule has 0 aliphatic carbocycles. The Bertz CT molecular complexity index is 905. The number of hydrogen-bond donors (Lipinski definition) is 2. The molecule has 3 rings (SSSR count). The molecule has 8 nitrogen and oxygen atoms in total. The number of fused-ring (bicyclic) bond motifs is 2. The zero-order chi connectivity index (χ0) is 16.6. The molecule has 0 fully saturated rings. The first kappa shape index (κ1) is 15.8. The summed E-state index contributed by atoms with van der Waals surface area (Å²) < 4.78 is 37.9. The molecule has 1 aromatic carbocycles. The third-order valence-electron chi connectivity index (χ3n) is 3.51. The molecule has 0 unspecified atom stereocenters. The molecule has 0 saturated heterocycles. The smallest absolute Gasteiger partial charge is 0.279 e. The van der Waals surface area contributed by atoms with Crippen LogP contribution in [0.2, 0.25) is 0 Å². The molecule has 1 aliphatic rings. The second-order valence-corrected chi connectivity index (χ2v) is 7.28. The van der Waals surface area contributed by atoms with Gasteiger partial charge in [-0.25, -0.2) is 0 Å². The Morgan fingerprint density at radius 2 is 1.83 bits per heavy atom. The van der Waals surface area contributed by atoms with Gasteiger partial charge in [-0.3, -0.25) is 4.79 Å². The van der Waals surface area contributed by atoms with E-state index in [2.05, 4.69) is 9.71 Å². The molecule has 1 aliphatic heterocycles. The molecule has 2 heterocycles. The topological polar surface area (TPSA) is 101 Å². The molecule has 0 bridgehead atoms. The van der Waals surface area contributed by atoms with Crippen LogP contribution >= 0.6 is 0 Å². The summed E-state index contributed by atoms with van der Waals surface area (Å²) in [5.41, 5.74) is 0.578. The highest BCUT2D eigenvalue weighted by atomic mass is 32.2. The summed E-state index contributed by atoms with van der Waals surface area (Å²) in [6.45, 7) is 0.838. The van der Waals surface area contributed by atoms with Crippen LogP contribution in [-0.2, 0) is 16.8 Å². The molecule has 2 aromatic rings. The van der Waals surface area contributed by atoms with Gasteiger partial charge in [-0.2, -0.15) is 17.4 Å². The number of ether oxygens (including phenoxy) is 2. The van der Waals surface area contributed by atoms with Crippen LogP contribution < -0.4 is 19.8 Å². The maximum atomic E-state index is 12.1. The Morgan fingerprint density at radius 1 is 1.17 bits per heavy atom. The maximum Gasteiger partial charge on any atom is 0.279 e. The van der Waals surface area contributed by atoms with E-state index in [0.717, 1.165) is 9.69 Å². The number of aromatic nitrogens is 1. The molecule has 0 atom stereocenters. The van der Waals surface area contributed by atoms with Crippen molar-refractivity contribution >= 4 is 21.1 Å². The second-order valence-electron chi connectivity index (χ2n) is 5.32. The Kier molecular flexibility index (Phi) is 4.00. The Labute approximate surface area is 133 Å². The van der Waals surface area contributed by atoms with Gasteiger partial charge in [0.2, 0.25) is 0 Å². The van der Waals surface area contributed by atoms with E-state index in [1.54, 1.807) is 18.2 Å². The fraction of sp³-hybridized carbons (Fsp3) is 0.357. The monoisotopic (exact) mass is 339 g/mol. The van der Waals surface area contributed by atoms with Crippen molar-refractivity contribution in [1.29, 1.82) is 0 Å². The van der Waals surface area contributed by atoms with Crippen molar-refractivity contribution in [3.05, 3.63) is 34.1 Å². The van der Waals surface area contributed by atoms with Gasteiger partial charge in [-0.15, -0.1) is 0 Å². The molecule has 2 N–H and O–H groups in total. The summed E-state index contributed by atoms with van der Waals surface area (Å²) in [6, 6.07) is 5.12.